The van der Waals surface area contributed by atoms with Crippen molar-refractivity contribution in [3.05, 3.63) is 35.9 Å². The molecule has 1 saturated carbocycles. The Labute approximate surface area is 104 Å². The molecule has 1 aromatic rings. The molecule has 0 spiro atoms. The van der Waals surface area contributed by atoms with Crippen LogP contribution in [0.3, 0.4) is 0 Å². The van der Waals surface area contributed by atoms with Crippen molar-refractivity contribution in [1.29, 1.82) is 0 Å². The molecule has 1 aliphatic rings. The van der Waals surface area contributed by atoms with E-state index in [9.17, 15) is 4.79 Å². The molecule has 0 aliphatic heterocycles. The lowest BCUT2D eigenvalue weighted by Gasteiger charge is -2.39. The summed E-state index contributed by atoms with van der Waals surface area (Å²) >= 11 is 0. The molecule has 2 rings (SSSR count). The predicted molar refractivity (Wildman–Crippen MR) is 71.1 cm³/mol. The van der Waals surface area contributed by atoms with Crippen LogP contribution in [0.2, 0.25) is 0 Å². The third-order valence-electron chi connectivity index (χ3n) is 5.27. The van der Waals surface area contributed by atoms with Crippen molar-refractivity contribution in [2.24, 2.45) is 16.7 Å². The van der Waals surface area contributed by atoms with Crippen molar-refractivity contribution >= 4 is 5.78 Å². The molecular formula is C16H22O. The molecule has 0 heterocycles. The number of Topliss-reactive ketones (excluding diaryl/α,β-unsaturated/α-hetero) is 1. The van der Waals surface area contributed by atoms with Gasteiger partial charge in [-0.25, -0.2) is 0 Å². The lowest BCUT2D eigenvalue weighted by molar-refractivity contribution is 0.0546. The topological polar surface area (TPSA) is 17.1 Å². The Kier molecular flexibility index (Phi) is 2.89. The van der Waals surface area contributed by atoms with Crippen molar-refractivity contribution in [2.75, 3.05) is 0 Å². The van der Waals surface area contributed by atoms with Crippen LogP contribution in [0.25, 0.3) is 0 Å². The molecule has 1 aromatic carbocycles. The maximum absolute atomic E-state index is 12.7. The molecule has 2 atom stereocenters. The Morgan fingerprint density at radius 2 is 1.76 bits per heavy atom. The summed E-state index contributed by atoms with van der Waals surface area (Å²) in [6.07, 6.45) is 2.16. The zero-order valence-electron chi connectivity index (χ0n) is 11.3. The minimum atomic E-state index is -0.215. The van der Waals surface area contributed by atoms with E-state index in [1.807, 2.05) is 30.3 Å². The second-order valence-corrected chi connectivity index (χ2v) is 6.19. The summed E-state index contributed by atoms with van der Waals surface area (Å²) in [6.45, 7) is 8.90. The molecule has 1 aliphatic carbocycles. The molecule has 0 saturated heterocycles. The Balaban J connectivity index is 2.38. The molecule has 0 radical (unpaired) electrons. The van der Waals surface area contributed by atoms with E-state index in [1.54, 1.807) is 0 Å². The largest absolute Gasteiger partial charge is 0.294 e. The molecule has 1 heteroatoms. The monoisotopic (exact) mass is 230 g/mol. The van der Waals surface area contributed by atoms with Crippen molar-refractivity contribution in [3.63, 3.8) is 0 Å². The molecule has 0 N–H and O–H groups in total. The van der Waals surface area contributed by atoms with Gasteiger partial charge < -0.3 is 0 Å². The van der Waals surface area contributed by atoms with Gasteiger partial charge in [-0.2, -0.15) is 0 Å². The molecular weight excluding hydrogens is 208 g/mol. The Bertz CT molecular complexity index is 418. The average molecular weight is 230 g/mol. The van der Waals surface area contributed by atoms with Gasteiger partial charge in [0.25, 0.3) is 0 Å². The lowest BCUT2D eigenvalue weighted by Crippen LogP contribution is -2.40. The van der Waals surface area contributed by atoms with Crippen LogP contribution in [0, 0.1) is 16.7 Å². The first-order chi connectivity index (χ1) is 7.89. The zero-order valence-corrected chi connectivity index (χ0v) is 11.3. The van der Waals surface area contributed by atoms with E-state index in [0.29, 0.717) is 11.7 Å². The number of hydrogen-bond acceptors (Lipinski definition) is 1. The number of carbonyl (C=O) groups excluding carboxylic acids is 1. The molecule has 92 valence electrons. The third kappa shape index (κ3) is 1.72. The van der Waals surface area contributed by atoms with Crippen molar-refractivity contribution in [3.8, 4) is 0 Å². The van der Waals surface area contributed by atoms with Crippen LogP contribution in [0.5, 0.6) is 0 Å². The highest BCUT2D eigenvalue weighted by Gasteiger charge is 2.53. The smallest absolute Gasteiger partial charge is 0.169 e. The number of rotatable bonds is 2. The molecule has 17 heavy (non-hydrogen) atoms. The first kappa shape index (κ1) is 12.3. The van der Waals surface area contributed by atoms with Gasteiger partial charge in [0.15, 0.2) is 5.78 Å². The molecule has 1 fully saturated rings. The Morgan fingerprint density at radius 1 is 1.18 bits per heavy atom. The predicted octanol–water partition coefficient (Wildman–Crippen LogP) is 4.33. The summed E-state index contributed by atoms with van der Waals surface area (Å²) in [5.41, 5.74) is 0.727. The average Bonchev–Trinajstić information content (AvgIpc) is 2.54. The van der Waals surface area contributed by atoms with Gasteiger partial charge in [-0.3, -0.25) is 4.79 Å². The second-order valence-electron chi connectivity index (χ2n) is 6.19. The van der Waals surface area contributed by atoms with Gasteiger partial charge in [0.2, 0.25) is 0 Å². The third-order valence-corrected chi connectivity index (χ3v) is 5.27. The molecule has 0 bridgehead atoms. The van der Waals surface area contributed by atoms with E-state index in [-0.39, 0.29) is 10.8 Å². The van der Waals surface area contributed by atoms with Crippen LogP contribution in [0.4, 0.5) is 0 Å². The Morgan fingerprint density at radius 3 is 2.24 bits per heavy atom. The minimum Gasteiger partial charge on any atom is -0.294 e. The highest BCUT2D eigenvalue weighted by Crippen LogP contribution is 2.56. The molecule has 0 aromatic heterocycles. The summed E-state index contributed by atoms with van der Waals surface area (Å²) in [5, 5.41) is 0. The van der Waals surface area contributed by atoms with Crippen LogP contribution in [-0.4, -0.2) is 5.78 Å². The molecule has 0 amide bonds. The number of benzene rings is 1. The fraction of sp³-hybridized carbons (Fsp3) is 0.562. The van der Waals surface area contributed by atoms with Gasteiger partial charge in [-0.05, 0) is 24.2 Å². The maximum Gasteiger partial charge on any atom is 0.169 e. The summed E-state index contributed by atoms with van der Waals surface area (Å²) in [4.78, 5) is 12.7. The summed E-state index contributed by atoms with van der Waals surface area (Å²) < 4.78 is 0. The number of ketones is 1. The van der Waals surface area contributed by atoms with Gasteiger partial charge in [-0.1, -0.05) is 58.0 Å². The van der Waals surface area contributed by atoms with E-state index in [0.717, 1.165) is 18.4 Å². The van der Waals surface area contributed by atoms with Crippen LogP contribution in [0.1, 0.15) is 50.9 Å². The van der Waals surface area contributed by atoms with Gasteiger partial charge in [0.1, 0.15) is 0 Å². The van der Waals surface area contributed by atoms with E-state index < -0.39 is 0 Å². The second kappa shape index (κ2) is 3.97. The van der Waals surface area contributed by atoms with E-state index in [2.05, 4.69) is 27.7 Å². The maximum atomic E-state index is 12.7. The number of hydrogen-bond donors (Lipinski definition) is 0. The van der Waals surface area contributed by atoms with Crippen molar-refractivity contribution in [1.82, 2.24) is 0 Å². The molecule has 1 nitrogen and oxygen atoms in total. The Hall–Kier alpha value is -1.11. The van der Waals surface area contributed by atoms with E-state index in [4.69, 9.17) is 0 Å². The van der Waals surface area contributed by atoms with Gasteiger partial charge in [0, 0.05) is 11.0 Å². The summed E-state index contributed by atoms with van der Waals surface area (Å²) in [7, 11) is 0. The first-order valence-electron chi connectivity index (χ1n) is 6.49. The van der Waals surface area contributed by atoms with Gasteiger partial charge in [-0.15, -0.1) is 0 Å². The summed E-state index contributed by atoms with van der Waals surface area (Å²) in [6, 6.07) is 9.73. The quantitative estimate of drug-likeness (QED) is 0.691. The highest BCUT2D eigenvalue weighted by atomic mass is 16.1. The van der Waals surface area contributed by atoms with Crippen LogP contribution in [0.15, 0.2) is 30.3 Å². The SMILES string of the molecule is C[C@@H]1CC[C@@](C)(C(=O)c2ccccc2)C1(C)C. The lowest BCUT2D eigenvalue weighted by atomic mass is 9.63. The standard InChI is InChI=1S/C16H22O/c1-12-10-11-16(4,15(12,2)3)14(17)13-8-6-5-7-9-13/h5-9,12H,10-11H2,1-4H3/t12-,16+/m1/s1. The van der Waals surface area contributed by atoms with Gasteiger partial charge >= 0.3 is 0 Å². The van der Waals surface area contributed by atoms with Crippen LogP contribution < -0.4 is 0 Å². The first-order valence-corrected chi connectivity index (χ1v) is 6.49. The van der Waals surface area contributed by atoms with E-state index >= 15 is 0 Å². The normalized spacial score (nSPS) is 31.4. The van der Waals surface area contributed by atoms with Gasteiger partial charge in [0.05, 0.1) is 0 Å². The highest BCUT2D eigenvalue weighted by molar-refractivity contribution is 6.01. The van der Waals surface area contributed by atoms with E-state index in [1.165, 1.54) is 0 Å². The van der Waals surface area contributed by atoms with Crippen LogP contribution in [-0.2, 0) is 0 Å². The fourth-order valence-corrected chi connectivity index (χ4v) is 3.05. The molecule has 0 unspecified atom stereocenters. The zero-order chi connectivity index (χ0) is 12.7. The fourth-order valence-electron chi connectivity index (χ4n) is 3.05. The summed E-state index contributed by atoms with van der Waals surface area (Å²) in [5.74, 6) is 0.924. The van der Waals surface area contributed by atoms with Crippen molar-refractivity contribution in [2.45, 2.75) is 40.5 Å². The van der Waals surface area contributed by atoms with Crippen molar-refractivity contribution < 1.29 is 4.79 Å². The minimum absolute atomic E-state index is 0.0833. The van der Waals surface area contributed by atoms with Crippen LogP contribution >= 0.6 is 0 Å². The number of carbonyl (C=O) groups is 1.